The van der Waals surface area contributed by atoms with Gasteiger partial charge < -0.3 is 24.4 Å². The van der Waals surface area contributed by atoms with Gasteiger partial charge in [-0.3, -0.25) is 0 Å². The van der Waals surface area contributed by atoms with Crippen LogP contribution in [0.1, 0.15) is 53.9 Å². The summed E-state index contributed by atoms with van der Waals surface area (Å²) in [6.07, 6.45) is 2.03. The fraction of sp³-hybridized carbons (Fsp3) is 0.824. The van der Waals surface area contributed by atoms with Crippen molar-refractivity contribution in [3.8, 4) is 0 Å². The third-order valence-corrected chi connectivity index (χ3v) is 3.45. The number of carbonyl (C=O) groups excluding carboxylic acids is 1. The molecule has 0 aromatic rings. The molecule has 0 radical (unpaired) electrons. The van der Waals surface area contributed by atoms with E-state index in [-0.39, 0.29) is 24.6 Å². The summed E-state index contributed by atoms with van der Waals surface area (Å²) in [7, 11) is 0. The maximum Gasteiger partial charge on any atom is 0.330 e. The highest BCUT2D eigenvalue weighted by Crippen LogP contribution is 2.22. The van der Waals surface area contributed by atoms with Gasteiger partial charge in [-0.2, -0.15) is 0 Å². The molecule has 1 aliphatic rings. The molecule has 1 heterocycles. The highest BCUT2D eigenvalue weighted by molar-refractivity contribution is 5.82. The average Bonchev–Trinajstić information content (AvgIpc) is 2.39. The van der Waals surface area contributed by atoms with Crippen LogP contribution in [0.25, 0.3) is 0 Å². The molecule has 2 N–H and O–H groups in total. The number of allylic oxidation sites excluding steroid dienone is 1. The standard InChI is InChI=1S/C17H30O6/c1-11(8-6-7-9-15(20)23-17(3,4)5)21-16-14(19)10-13(18)12(2)22-16/h7,9,11-14,16,18-19H,6,8,10H2,1-5H3/b9-7+/t11-,12?,13-,14+,16-/m1/s1. The van der Waals surface area contributed by atoms with Gasteiger partial charge in [0.15, 0.2) is 6.29 Å². The Labute approximate surface area is 138 Å². The number of carbonyl (C=O) groups is 1. The highest BCUT2D eigenvalue weighted by Gasteiger charge is 2.35. The van der Waals surface area contributed by atoms with E-state index in [0.29, 0.717) is 12.8 Å². The van der Waals surface area contributed by atoms with E-state index < -0.39 is 24.1 Å². The summed E-state index contributed by atoms with van der Waals surface area (Å²) in [6.45, 7) is 9.10. The highest BCUT2D eigenvalue weighted by atomic mass is 16.7. The van der Waals surface area contributed by atoms with Crippen molar-refractivity contribution in [2.45, 2.75) is 90.2 Å². The lowest BCUT2D eigenvalue weighted by molar-refractivity contribution is -0.273. The summed E-state index contributed by atoms with van der Waals surface area (Å²) >= 11 is 0. The molecular formula is C17H30O6. The van der Waals surface area contributed by atoms with Gasteiger partial charge in [0, 0.05) is 12.5 Å². The van der Waals surface area contributed by atoms with Crippen LogP contribution >= 0.6 is 0 Å². The van der Waals surface area contributed by atoms with Crippen LogP contribution in [-0.2, 0) is 19.0 Å². The summed E-state index contributed by atoms with van der Waals surface area (Å²) < 4.78 is 16.3. The van der Waals surface area contributed by atoms with E-state index in [4.69, 9.17) is 14.2 Å². The summed E-state index contributed by atoms with van der Waals surface area (Å²) in [5, 5.41) is 19.5. The molecule has 1 saturated heterocycles. The maximum atomic E-state index is 11.5. The molecule has 6 nitrogen and oxygen atoms in total. The number of ether oxygens (including phenoxy) is 3. The number of hydrogen-bond donors (Lipinski definition) is 2. The third kappa shape index (κ3) is 7.92. The third-order valence-electron chi connectivity index (χ3n) is 3.45. The van der Waals surface area contributed by atoms with Crippen LogP contribution in [0, 0.1) is 0 Å². The lowest BCUT2D eigenvalue weighted by Gasteiger charge is -2.36. The van der Waals surface area contributed by atoms with Gasteiger partial charge in [0.2, 0.25) is 0 Å². The minimum Gasteiger partial charge on any atom is -0.457 e. The van der Waals surface area contributed by atoms with E-state index in [0.717, 1.165) is 0 Å². The van der Waals surface area contributed by atoms with Crippen LogP contribution in [0.2, 0.25) is 0 Å². The molecule has 6 heteroatoms. The smallest absolute Gasteiger partial charge is 0.330 e. The first-order chi connectivity index (χ1) is 10.6. The quantitative estimate of drug-likeness (QED) is 0.572. The molecule has 23 heavy (non-hydrogen) atoms. The minimum atomic E-state index is -0.832. The largest absolute Gasteiger partial charge is 0.457 e. The lowest BCUT2D eigenvalue weighted by Crippen LogP contribution is -2.48. The minimum absolute atomic E-state index is 0.139. The van der Waals surface area contributed by atoms with Crippen LogP contribution in [0.3, 0.4) is 0 Å². The van der Waals surface area contributed by atoms with Crippen molar-refractivity contribution in [2.75, 3.05) is 0 Å². The SMILES string of the molecule is CC1O[C@@H](O[C@H](C)CC/C=C/C(=O)OC(C)(C)C)[C@@H](O)C[C@H]1O. The topological polar surface area (TPSA) is 85.2 Å². The molecule has 0 bridgehead atoms. The molecule has 5 atom stereocenters. The monoisotopic (exact) mass is 330 g/mol. The van der Waals surface area contributed by atoms with E-state index in [1.165, 1.54) is 6.08 Å². The second-order valence-electron chi connectivity index (χ2n) is 7.04. The van der Waals surface area contributed by atoms with E-state index in [9.17, 15) is 15.0 Å². The molecule has 0 saturated carbocycles. The van der Waals surface area contributed by atoms with Crippen LogP contribution < -0.4 is 0 Å². The molecule has 0 amide bonds. The number of aliphatic hydroxyl groups is 2. The molecule has 1 unspecified atom stereocenters. The van der Waals surface area contributed by atoms with Crippen molar-refractivity contribution in [2.24, 2.45) is 0 Å². The molecule has 0 aliphatic carbocycles. The van der Waals surface area contributed by atoms with Crippen molar-refractivity contribution < 1.29 is 29.2 Å². The average molecular weight is 330 g/mol. The van der Waals surface area contributed by atoms with Gasteiger partial charge >= 0.3 is 5.97 Å². The van der Waals surface area contributed by atoms with Gasteiger partial charge in [-0.15, -0.1) is 0 Å². The normalized spacial score (nSPS) is 30.4. The van der Waals surface area contributed by atoms with Gasteiger partial charge in [0.25, 0.3) is 0 Å². The van der Waals surface area contributed by atoms with Gasteiger partial charge in [0.1, 0.15) is 11.7 Å². The van der Waals surface area contributed by atoms with Crippen molar-refractivity contribution >= 4 is 5.97 Å². The van der Waals surface area contributed by atoms with Gasteiger partial charge in [-0.25, -0.2) is 4.79 Å². The van der Waals surface area contributed by atoms with E-state index in [1.54, 1.807) is 13.0 Å². The summed E-state index contributed by atoms with van der Waals surface area (Å²) in [5.74, 6) is -0.361. The van der Waals surface area contributed by atoms with Crippen molar-refractivity contribution in [1.82, 2.24) is 0 Å². The summed E-state index contributed by atoms with van der Waals surface area (Å²) in [5.41, 5.74) is -0.493. The predicted octanol–water partition coefficient (Wildman–Crippen LogP) is 1.93. The van der Waals surface area contributed by atoms with E-state index in [1.807, 2.05) is 27.7 Å². The number of esters is 1. The summed E-state index contributed by atoms with van der Waals surface area (Å²) in [4.78, 5) is 11.5. The lowest BCUT2D eigenvalue weighted by atomic mass is 10.0. The Morgan fingerprint density at radius 1 is 1.35 bits per heavy atom. The van der Waals surface area contributed by atoms with Gasteiger partial charge in [-0.05, 0) is 47.5 Å². The molecule has 134 valence electrons. The fourth-order valence-electron chi connectivity index (χ4n) is 2.21. The fourth-order valence-corrected chi connectivity index (χ4v) is 2.21. The predicted molar refractivity (Wildman–Crippen MR) is 85.7 cm³/mol. The van der Waals surface area contributed by atoms with Crippen molar-refractivity contribution in [3.63, 3.8) is 0 Å². The molecule has 1 fully saturated rings. The second kappa shape index (κ2) is 8.78. The zero-order valence-electron chi connectivity index (χ0n) is 14.7. The maximum absolute atomic E-state index is 11.5. The molecular weight excluding hydrogens is 300 g/mol. The Morgan fingerprint density at radius 2 is 2.00 bits per heavy atom. The Hall–Kier alpha value is -0.950. The number of aliphatic hydroxyl groups excluding tert-OH is 2. The Kier molecular flexibility index (Phi) is 7.67. The molecule has 0 aromatic carbocycles. The molecule has 0 spiro atoms. The van der Waals surface area contributed by atoms with Crippen LogP contribution in [0.4, 0.5) is 0 Å². The van der Waals surface area contributed by atoms with Crippen LogP contribution in [-0.4, -0.2) is 52.5 Å². The van der Waals surface area contributed by atoms with Gasteiger partial charge in [0.05, 0.1) is 18.3 Å². The number of rotatable bonds is 6. The summed E-state index contributed by atoms with van der Waals surface area (Å²) in [6, 6.07) is 0. The Bertz CT molecular complexity index is 400. The van der Waals surface area contributed by atoms with E-state index >= 15 is 0 Å². The van der Waals surface area contributed by atoms with Crippen LogP contribution in [0.5, 0.6) is 0 Å². The number of hydrogen-bond acceptors (Lipinski definition) is 6. The van der Waals surface area contributed by atoms with Crippen molar-refractivity contribution in [1.29, 1.82) is 0 Å². The first kappa shape index (κ1) is 20.1. The van der Waals surface area contributed by atoms with Crippen molar-refractivity contribution in [3.05, 3.63) is 12.2 Å². The molecule has 0 aromatic heterocycles. The zero-order valence-corrected chi connectivity index (χ0v) is 14.7. The van der Waals surface area contributed by atoms with Crippen LogP contribution in [0.15, 0.2) is 12.2 Å². The molecule has 1 rings (SSSR count). The second-order valence-corrected chi connectivity index (χ2v) is 7.04. The first-order valence-electron chi connectivity index (χ1n) is 8.15. The Morgan fingerprint density at radius 3 is 2.61 bits per heavy atom. The Balaban J connectivity index is 2.29. The molecule has 1 aliphatic heterocycles. The first-order valence-corrected chi connectivity index (χ1v) is 8.15. The van der Waals surface area contributed by atoms with E-state index in [2.05, 4.69) is 0 Å². The zero-order chi connectivity index (χ0) is 17.6. The van der Waals surface area contributed by atoms with Gasteiger partial charge in [-0.1, -0.05) is 6.08 Å².